The van der Waals surface area contributed by atoms with E-state index in [0.717, 1.165) is 16.5 Å². The van der Waals surface area contributed by atoms with E-state index in [4.69, 9.17) is 22.9 Å². The Bertz CT molecular complexity index is 1280. The van der Waals surface area contributed by atoms with Crippen molar-refractivity contribution in [1.29, 1.82) is 0 Å². The Morgan fingerprint density at radius 1 is 0.620 bits per heavy atom. The molecule has 14 N–H and O–H groups in total. The summed E-state index contributed by atoms with van der Waals surface area (Å²) >= 11 is 0. The Hall–Kier alpha value is -4.13. The van der Waals surface area contributed by atoms with Crippen molar-refractivity contribution < 1.29 is 24.0 Å². The fourth-order valence-electron chi connectivity index (χ4n) is 5.31. The average Bonchev–Trinajstić information content (AvgIpc) is 3.53. The highest BCUT2D eigenvalue weighted by Gasteiger charge is 2.29. The normalized spacial score (nSPS) is 11.8. The van der Waals surface area contributed by atoms with Crippen molar-refractivity contribution >= 4 is 40.4 Å². The number of hydrogen-bond acceptors (Lipinski definition) is 11. The van der Waals surface area contributed by atoms with Gasteiger partial charge in [-0.3, -0.25) is 28.9 Å². The molecule has 2 rings (SSSR count). The Balaban J connectivity index is 2.33. The van der Waals surface area contributed by atoms with Crippen LogP contribution in [0.5, 0.6) is 0 Å². The first-order valence-electron chi connectivity index (χ1n) is 17.4. The van der Waals surface area contributed by atoms with Crippen LogP contribution in [0.25, 0.3) is 10.9 Å². The molecule has 0 fully saturated rings. The zero-order valence-electron chi connectivity index (χ0n) is 29.1. The standard InChI is InChI=1S/C33H58N12O5/c34-10-15-38-29(46)6-19-44(20-7-30(47)39-16-11-35)24-28(33(50)42-14-5-25-23-43-27-4-2-1-3-26(25)27)45(21-8-31(48)40-17-12-36)22-9-32(49)41-18-13-37/h1-4,23,28,43H,5-22,24,34-37H2,(H,38,46)(H,39,47)(H,40,48)(H,41,49)(H,42,50)/t28-/m0/s1. The third-order valence-electron chi connectivity index (χ3n) is 7.97. The maximum absolute atomic E-state index is 14.1. The molecule has 280 valence electrons. The number of H-pyrrole nitrogens is 1. The van der Waals surface area contributed by atoms with Gasteiger partial charge in [-0.1, -0.05) is 18.2 Å². The molecule has 1 aromatic carbocycles. The van der Waals surface area contributed by atoms with Crippen molar-refractivity contribution in [2.24, 2.45) is 22.9 Å². The first kappa shape index (κ1) is 42.0. The molecule has 17 heteroatoms. The van der Waals surface area contributed by atoms with Gasteiger partial charge in [0.05, 0.1) is 0 Å². The molecule has 0 aliphatic heterocycles. The van der Waals surface area contributed by atoms with Crippen molar-refractivity contribution in [2.75, 3.05) is 91.6 Å². The van der Waals surface area contributed by atoms with Crippen LogP contribution in [-0.4, -0.2) is 142 Å². The highest BCUT2D eigenvalue weighted by molar-refractivity contribution is 5.84. The molecule has 1 aromatic heterocycles. The number of amides is 5. The molecule has 0 aliphatic rings. The Morgan fingerprint density at radius 3 is 1.56 bits per heavy atom. The Morgan fingerprint density at radius 2 is 1.08 bits per heavy atom. The van der Waals surface area contributed by atoms with Gasteiger partial charge < -0.3 is 59.4 Å². The topological polar surface area (TPSA) is 272 Å². The second kappa shape index (κ2) is 24.9. The average molecular weight is 703 g/mol. The van der Waals surface area contributed by atoms with Crippen LogP contribution in [0.15, 0.2) is 30.5 Å². The fraction of sp³-hybridized carbons (Fsp3) is 0.606. The molecule has 5 amide bonds. The molecule has 0 saturated carbocycles. The van der Waals surface area contributed by atoms with Gasteiger partial charge in [-0.25, -0.2) is 0 Å². The van der Waals surface area contributed by atoms with E-state index in [1.54, 1.807) is 4.90 Å². The molecule has 0 bridgehead atoms. The van der Waals surface area contributed by atoms with Gasteiger partial charge in [0.1, 0.15) is 6.04 Å². The summed E-state index contributed by atoms with van der Waals surface area (Å²) in [5, 5.41) is 15.1. The quantitative estimate of drug-likeness (QED) is 0.0440. The van der Waals surface area contributed by atoms with Crippen LogP contribution in [-0.2, 0) is 30.4 Å². The fourth-order valence-corrected chi connectivity index (χ4v) is 5.31. The number of aromatic nitrogens is 1. The second-order valence-corrected chi connectivity index (χ2v) is 11.8. The highest BCUT2D eigenvalue weighted by atomic mass is 16.2. The lowest BCUT2D eigenvalue weighted by molar-refractivity contribution is -0.130. The molecule has 0 radical (unpaired) electrons. The monoisotopic (exact) mass is 702 g/mol. The molecule has 1 atom stereocenters. The summed E-state index contributed by atoms with van der Waals surface area (Å²) in [4.78, 5) is 71.4. The molecule has 0 saturated heterocycles. The van der Waals surface area contributed by atoms with Crippen molar-refractivity contribution in [2.45, 2.75) is 38.1 Å². The van der Waals surface area contributed by atoms with Gasteiger partial charge in [-0.15, -0.1) is 0 Å². The lowest BCUT2D eigenvalue weighted by atomic mass is 10.1. The Kier molecular flexibility index (Phi) is 21.0. The molecule has 1 heterocycles. The number of aromatic amines is 1. The molecule has 2 aromatic rings. The summed E-state index contributed by atoms with van der Waals surface area (Å²) in [5.41, 5.74) is 24.2. The van der Waals surface area contributed by atoms with E-state index >= 15 is 0 Å². The van der Waals surface area contributed by atoms with Gasteiger partial charge >= 0.3 is 0 Å². The van der Waals surface area contributed by atoms with Gasteiger partial charge in [0.2, 0.25) is 29.5 Å². The number of nitrogens with zero attached hydrogens (tertiary/aromatic N) is 2. The number of rotatable bonds is 27. The predicted octanol–water partition coefficient (Wildman–Crippen LogP) is -3.34. The third kappa shape index (κ3) is 16.5. The predicted molar refractivity (Wildman–Crippen MR) is 194 cm³/mol. The zero-order chi connectivity index (χ0) is 36.6. The molecule has 0 aliphatic carbocycles. The molecule has 17 nitrogen and oxygen atoms in total. The summed E-state index contributed by atoms with van der Waals surface area (Å²) in [7, 11) is 0. The SMILES string of the molecule is NCCNC(=O)CCN(CCC(=O)NCCN)C[C@@H](C(=O)NCCc1c[nH]c2ccccc12)N(CCC(=O)NCCN)CCC(=O)NCCN. The summed E-state index contributed by atoms with van der Waals surface area (Å²) < 4.78 is 0. The molecule has 50 heavy (non-hydrogen) atoms. The summed E-state index contributed by atoms with van der Waals surface area (Å²) in [6.07, 6.45) is 2.84. The van der Waals surface area contributed by atoms with Gasteiger partial charge in [-0.05, 0) is 18.1 Å². The highest BCUT2D eigenvalue weighted by Crippen LogP contribution is 2.18. The second-order valence-electron chi connectivity index (χ2n) is 11.8. The van der Waals surface area contributed by atoms with Crippen molar-refractivity contribution in [1.82, 2.24) is 41.4 Å². The number of carbonyl (C=O) groups is 5. The minimum Gasteiger partial charge on any atom is -0.361 e. The first-order valence-corrected chi connectivity index (χ1v) is 17.4. The van der Waals surface area contributed by atoms with E-state index in [2.05, 4.69) is 31.6 Å². The smallest absolute Gasteiger partial charge is 0.238 e. The van der Waals surface area contributed by atoms with E-state index in [9.17, 15) is 24.0 Å². The number of fused-ring (bicyclic) bond motifs is 1. The number of hydrogen-bond donors (Lipinski definition) is 10. The van der Waals surface area contributed by atoms with Crippen LogP contribution in [0.4, 0.5) is 0 Å². The van der Waals surface area contributed by atoms with E-state index in [1.165, 1.54) is 0 Å². The third-order valence-corrected chi connectivity index (χ3v) is 7.97. The van der Waals surface area contributed by atoms with Gasteiger partial charge in [0.25, 0.3) is 0 Å². The zero-order valence-corrected chi connectivity index (χ0v) is 29.1. The van der Waals surface area contributed by atoms with E-state index in [1.807, 2.05) is 35.4 Å². The lowest BCUT2D eigenvalue weighted by Crippen LogP contribution is -2.55. The molecular formula is C33H58N12O5. The minimum atomic E-state index is -0.832. The summed E-state index contributed by atoms with van der Waals surface area (Å²) in [6.45, 7) is 3.74. The van der Waals surface area contributed by atoms with Crippen LogP contribution in [0.3, 0.4) is 0 Å². The summed E-state index contributed by atoms with van der Waals surface area (Å²) in [5.74, 6) is -1.21. The number of carbonyl (C=O) groups excluding carboxylic acids is 5. The number of nitrogens with two attached hydrogens (primary N) is 4. The van der Waals surface area contributed by atoms with Gasteiger partial charge in [-0.2, -0.15) is 0 Å². The summed E-state index contributed by atoms with van der Waals surface area (Å²) in [6, 6.07) is 7.08. The molecule has 0 unspecified atom stereocenters. The molecular weight excluding hydrogens is 644 g/mol. The van der Waals surface area contributed by atoms with Crippen LogP contribution in [0.2, 0.25) is 0 Å². The largest absolute Gasteiger partial charge is 0.361 e. The van der Waals surface area contributed by atoms with E-state index in [-0.39, 0.29) is 101 Å². The van der Waals surface area contributed by atoms with Crippen LogP contribution in [0.1, 0.15) is 31.2 Å². The van der Waals surface area contributed by atoms with E-state index < -0.39 is 6.04 Å². The maximum atomic E-state index is 14.1. The minimum absolute atomic E-state index is 0.0620. The number of para-hydroxylation sites is 1. The van der Waals surface area contributed by atoms with Gasteiger partial charge in [0, 0.05) is 134 Å². The van der Waals surface area contributed by atoms with Crippen LogP contribution < -0.4 is 49.5 Å². The maximum Gasteiger partial charge on any atom is 0.238 e. The first-order chi connectivity index (χ1) is 24.2. The van der Waals surface area contributed by atoms with Crippen molar-refractivity contribution in [3.63, 3.8) is 0 Å². The van der Waals surface area contributed by atoms with Crippen molar-refractivity contribution in [3.8, 4) is 0 Å². The Labute approximate surface area is 294 Å². The number of benzene rings is 1. The number of nitrogens with one attached hydrogen (secondary N) is 6. The van der Waals surface area contributed by atoms with Gasteiger partial charge in [0.15, 0.2) is 0 Å². The van der Waals surface area contributed by atoms with Crippen molar-refractivity contribution in [3.05, 3.63) is 36.0 Å². The lowest BCUT2D eigenvalue weighted by Gasteiger charge is -2.34. The van der Waals surface area contributed by atoms with Crippen LogP contribution in [0, 0.1) is 0 Å². The molecule has 0 spiro atoms. The van der Waals surface area contributed by atoms with E-state index in [0.29, 0.717) is 52.2 Å². The van der Waals surface area contributed by atoms with Crippen LogP contribution >= 0.6 is 0 Å².